The molecule has 0 atom stereocenters. The number of rotatable bonds is 4. The van der Waals surface area contributed by atoms with Gasteiger partial charge in [0.15, 0.2) is 0 Å². The molecule has 0 saturated carbocycles. The average molecular weight is 307 g/mol. The second-order valence-electron chi connectivity index (χ2n) is 4.86. The van der Waals surface area contributed by atoms with Gasteiger partial charge in [0, 0.05) is 11.6 Å². The Morgan fingerprint density at radius 2 is 1.78 bits per heavy atom. The number of hydrogen-bond donors (Lipinski definition) is 2. The van der Waals surface area contributed by atoms with Crippen molar-refractivity contribution in [2.24, 2.45) is 5.10 Å². The average Bonchev–Trinajstić information content (AvgIpc) is 2.57. The number of anilines is 1. The highest BCUT2D eigenvalue weighted by atomic mass is 16.6. The Kier molecular flexibility index (Phi) is 3.88. The number of benzene rings is 3. The molecule has 6 heteroatoms. The van der Waals surface area contributed by atoms with E-state index in [2.05, 4.69) is 10.5 Å². The van der Waals surface area contributed by atoms with E-state index in [4.69, 9.17) is 0 Å². The van der Waals surface area contributed by atoms with E-state index in [9.17, 15) is 15.2 Å². The van der Waals surface area contributed by atoms with Crippen LogP contribution >= 0.6 is 0 Å². The quantitative estimate of drug-likeness (QED) is 0.434. The van der Waals surface area contributed by atoms with Crippen LogP contribution < -0.4 is 5.43 Å². The van der Waals surface area contributed by atoms with Crippen molar-refractivity contribution in [3.05, 3.63) is 76.3 Å². The Morgan fingerprint density at radius 1 is 1.04 bits per heavy atom. The van der Waals surface area contributed by atoms with Crippen molar-refractivity contribution in [2.75, 3.05) is 5.43 Å². The molecule has 0 bridgehead atoms. The number of phenolic OH excluding ortho intramolecular Hbond substituents is 1. The third-order valence-electron chi connectivity index (χ3n) is 3.43. The summed E-state index contributed by atoms with van der Waals surface area (Å²) in [5, 5.41) is 26.8. The number of hydrazone groups is 1. The fourth-order valence-electron chi connectivity index (χ4n) is 2.31. The molecular weight excluding hydrogens is 294 g/mol. The lowest BCUT2D eigenvalue weighted by atomic mass is 10.0. The normalized spacial score (nSPS) is 11.0. The third kappa shape index (κ3) is 2.96. The predicted molar refractivity (Wildman–Crippen MR) is 89.9 cm³/mol. The van der Waals surface area contributed by atoms with Gasteiger partial charge in [-0.1, -0.05) is 42.5 Å². The molecule has 0 aliphatic carbocycles. The van der Waals surface area contributed by atoms with E-state index in [0.29, 0.717) is 5.56 Å². The number of fused-ring (bicyclic) bond motifs is 1. The summed E-state index contributed by atoms with van der Waals surface area (Å²) in [6.45, 7) is 0. The van der Waals surface area contributed by atoms with Gasteiger partial charge in [-0.05, 0) is 22.9 Å². The Morgan fingerprint density at radius 3 is 2.61 bits per heavy atom. The first-order valence-corrected chi connectivity index (χ1v) is 6.90. The van der Waals surface area contributed by atoms with Crippen LogP contribution in [-0.2, 0) is 0 Å². The first-order valence-electron chi connectivity index (χ1n) is 6.90. The highest BCUT2D eigenvalue weighted by molar-refractivity contribution is 6.02. The molecule has 0 spiro atoms. The van der Waals surface area contributed by atoms with Gasteiger partial charge in [-0.2, -0.15) is 5.10 Å². The standard InChI is InChI=1S/C17H13N3O3/c21-17-10-9-12-5-1-2-6-13(12)14(17)11-18-19-15-7-3-4-8-16(15)20(22)23/h1-11,19,21H/b18-11-. The molecule has 6 nitrogen and oxygen atoms in total. The molecule has 3 aromatic rings. The van der Waals surface area contributed by atoms with Crippen molar-refractivity contribution in [3.8, 4) is 5.75 Å². The Bertz CT molecular complexity index is 906. The van der Waals surface area contributed by atoms with Crippen LogP contribution in [-0.4, -0.2) is 16.2 Å². The summed E-state index contributed by atoms with van der Waals surface area (Å²) in [7, 11) is 0. The van der Waals surface area contributed by atoms with Gasteiger partial charge in [-0.25, -0.2) is 0 Å². The predicted octanol–water partition coefficient (Wildman–Crippen LogP) is 3.90. The zero-order chi connectivity index (χ0) is 16.2. The fourth-order valence-corrected chi connectivity index (χ4v) is 2.31. The highest BCUT2D eigenvalue weighted by Gasteiger charge is 2.11. The summed E-state index contributed by atoms with van der Waals surface area (Å²) in [4.78, 5) is 10.5. The van der Waals surface area contributed by atoms with Gasteiger partial charge >= 0.3 is 0 Å². The van der Waals surface area contributed by atoms with Crippen molar-refractivity contribution in [2.45, 2.75) is 0 Å². The van der Waals surface area contributed by atoms with Crippen molar-refractivity contribution in [1.29, 1.82) is 0 Å². The molecule has 0 amide bonds. The summed E-state index contributed by atoms with van der Waals surface area (Å²) >= 11 is 0. The van der Waals surface area contributed by atoms with Crippen molar-refractivity contribution >= 4 is 28.4 Å². The van der Waals surface area contributed by atoms with Crippen molar-refractivity contribution < 1.29 is 10.0 Å². The first kappa shape index (κ1) is 14.5. The number of para-hydroxylation sites is 2. The fraction of sp³-hybridized carbons (Fsp3) is 0. The van der Waals surface area contributed by atoms with Gasteiger partial charge in [0.2, 0.25) is 0 Å². The Balaban J connectivity index is 1.93. The number of nitrogens with one attached hydrogen (secondary N) is 1. The number of hydrogen-bond acceptors (Lipinski definition) is 5. The second kappa shape index (κ2) is 6.15. The second-order valence-corrected chi connectivity index (χ2v) is 4.86. The summed E-state index contributed by atoms with van der Waals surface area (Å²) in [5.41, 5.74) is 3.42. The molecule has 3 rings (SSSR count). The van der Waals surface area contributed by atoms with Crippen molar-refractivity contribution in [1.82, 2.24) is 0 Å². The van der Waals surface area contributed by atoms with Crippen LogP contribution in [0.5, 0.6) is 5.75 Å². The van der Waals surface area contributed by atoms with E-state index < -0.39 is 4.92 Å². The lowest BCUT2D eigenvalue weighted by Gasteiger charge is -2.05. The minimum Gasteiger partial charge on any atom is -0.507 e. The van der Waals surface area contributed by atoms with E-state index in [1.165, 1.54) is 12.3 Å². The minimum atomic E-state index is -0.479. The van der Waals surface area contributed by atoms with Gasteiger partial charge in [0.05, 0.1) is 11.1 Å². The maximum absolute atomic E-state index is 11.0. The topological polar surface area (TPSA) is 87.8 Å². The number of aromatic hydroxyl groups is 1. The molecule has 23 heavy (non-hydrogen) atoms. The molecule has 0 saturated heterocycles. The maximum Gasteiger partial charge on any atom is 0.294 e. The van der Waals surface area contributed by atoms with Crippen LogP contribution in [0.25, 0.3) is 10.8 Å². The summed E-state index contributed by atoms with van der Waals surface area (Å²) < 4.78 is 0. The van der Waals surface area contributed by atoms with Gasteiger partial charge in [0.25, 0.3) is 5.69 Å². The third-order valence-corrected chi connectivity index (χ3v) is 3.43. The van der Waals surface area contributed by atoms with Crippen LogP contribution in [0.4, 0.5) is 11.4 Å². The van der Waals surface area contributed by atoms with Crippen LogP contribution in [0.3, 0.4) is 0 Å². The molecule has 0 aliphatic rings. The maximum atomic E-state index is 11.0. The lowest BCUT2D eigenvalue weighted by molar-refractivity contribution is -0.384. The number of nitro benzene ring substituents is 1. The molecule has 3 aromatic carbocycles. The molecule has 0 fully saturated rings. The van der Waals surface area contributed by atoms with Gasteiger partial charge in [-0.15, -0.1) is 0 Å². The van der Waals surface area contributed by atoms with Gasteiger partial charge in [0.1, 0.15) is 11.4 Å². The molecule has 0 aliphatic heterocycles. The van der Waals surface area contributed by atoms with E-state index in [1.807, 2.05) is 30.3 Å². The van der Waals surface area contributed by atoms with Crippen LogP contribution in [0.1, 0.15) is 5.56 Å². The zero-order valence-electron chi connectivity index (χ0n) is 12.0. The molecule has 0 aromatic heterocycles. The molecular formula is C17H13N3O3. The minimum absolute atomic E-state index is 0.0632. The zero-order valence-corrected chi connectivity index (χ0v) is 12.0. The van der Waals surface area contributed by atoms with Crippen molar-refractivity contribution in [3.63, 3.8) is 0 Å². The monoisotopic (exact) mass is 307 g/mol. The van der Waals surface area contributed by atoms with E-state index in [-0.39, 0.29) is 17.1 Å². The Labute approximate surface area is 131 Å². The number of nitro groups is 1. The van der Waals surface area contributed by atoms with E-state index in [0.717, 1.165) is 10.8 Å². The summed E-state index contributed by atoms with van der Waals surface area (Å²) in [6.07, 6.45) is 1.45. The lowest BCUT2D eigenvalue weighted by Crippen LogP contribution is -1.97. The summed E-state index contributed by atoms with van der Waals surface area (Å²) in [5.74, 6) is 0.0943. The first-order chi connectivity index (χ1) is 11.2. The number of nitrogens with zero attached hydrogens (tertiary/aromatic N) is 2. The molecule has 0 unspecified atom stereocenters. The molecule has 0 radical (unpaired) electrons. The smallest absolute Gasteiger partial charge is 0.294 e. The van der Waals surface area contributed by atoms with Crippen LogP contribution in [0, 0.1) is 10.1 Å². The van der Waals surface area contributed by atoms with Crippen LogP contribution in [0.2, 0.25) is 0 Å². The van der Waals surface area contributed by atoms with Gasteiger partial charge < -0.3 is 5.11 Å². The van der Waals surface area contributed by atoms with E-state index >= 15 is 0 Å². The molecule has 2 N–H and O–H groups in total. The molecule has 114 valence electrons. The largest absolute Gasteiger partial charge is 0.507 e. The number of phenols is 1. The van der Waals surface area contributed by atoms with Crippen LogP contribution in [0.15, 0.2) is 65.8 Å². The molecule has 0 heterocycles. The SMILES string of the molecule is O=[N+]([O-])c1ccccc1N/N=C\c1c(O)ccc2ccccc12. The Hall–Kier alpha value is -3.41. The van der Waals surface area contributed by atoms with Gasteiger partial charge in [-0.3, -0.25) is 15.5 Å². The summed E-state index contributed by atoms with van der Waals surface area (Å²) in [6, 6.07) is 17.2. The highest BCUT2D eigenvalue weighted by Crippen LogP contribution is 2.26. The van der Waals surface area contributed by atoms with E-state index in [1.54, 1.807) is 24.3 Å².